The van der Waals surface area contributed by atoms with E-state index < -0.39 is 7.72 Å². The molecule has 0 aliphatic carbocycles. The average molecular weight is 257 g/mol. The SMILES string of the molecule is CCO[P+](CC)(CC)Oc1ccccc1OC. The van der Waals surface area contributed by atoms with E-state index in [1.807, 2.05) is 31.2 Å². The second kappa shape index (κ2) is 6.83. The fourth-order valence-electron chi connectivity index (χ4n) is 1.67. The Morgan fingerprint density at radius 2 is 1.59 bits per heavy atom. The molecule has 0 fully saturated rings. The van der Waals surface area contributed by atoms with Gasteiger partial charge in [0.15, 0.2) is 5.75 Å². The number of methoxy groups -OCH3 is 1. The highest BCUT2D eigenvalue weighted by atomic mass is 31.2. The summed E-state index contributed by atoms with van der Waals surface area (Å²) in [6.45, 7) is 6.92. The normalized spacial score (nSPS) is 11.3. The first-order chi connectivity index (χ1) is 8.21. The van der Waals surface area contributed by atoms with E-state index >= 15 is 0 Å². The molecule has 0 heterocycles. The van der Waals surface area contributed by atoms with E-state index in [4.69, 9.17) is 13.8 Å². The van der Waals surface area contributed by atoms with Gasteiger partial charge in [-0.25, -0.2) is 0 Å². The van der Waals surface area contributed by atoms with Crippen LogP contribution in [0.1, 0.15) is 20.8 Å². The Hall–Kier alpha value is -0.790. The maximum atomic E-state index is 6.13. The van der Waals surface area contributed by atoms with Crippen LogP contribution in [0.4, 0.5) is 0 Å². The summed E-state index contributed by atoms with van der Waals surface area (Å²) in [6.07, 6.45) is 1.82. The smallest absolute Gasteiger partial charge is 0.319 e. The van der Waals surface area contributed by atoms with Crippen molar-refractivity contribution in [1.29, 1.82) is 0 Å². The summed E-state index contributed by atoms with van der Waals surface area (Å²) >= 11 is 0. The second-order valence-electron chi connectivity index (χ2n) is 3.61. The number of ether oxygens (including phenoxy) is 1. The van der Waals surface area contributed by atoms with Crippen molar-refractivity contribution in [3.63, 3.8) is 0 Å². The number of rotatable bonds is 7. The van der Waals surface area contributed by atoms with E-state index in [1.54, 1.807) is 7.11 Å². The minimum Gasteiger partial charge on any atom is -0.493 e. The topological polar surface area (TPSA) is 27.7 Å². The molecule has 0 radical (unpaired) electrons. The summed E-state index contributed by atoms with van der Waals surface area (Å²) < 4.78 is 17.3. The molecule has 0 N–H and O–H groups in total. The van der Waals surface area contributed by atoms with Crippen molar-refractivity contribution in [2.24, 2.45) is 0 Å². The molecule has 0 amide bonds. The Morgan fingerprint density at radius 1 is 1.00 bits per heavy atom. The zero-order chi connectivity index (χ0) is 12.7. The number of hydrogen-bond donors (Lipinski definition) is 0. The first kappa shape index (κ1) is 14.3. The molecule has 0 aromatic heterocycles. The lowest BCUT2D eigenvalue weighted by Crippen LogP contribution is -2.11. The molecular formula is C13H22O3P+. The maximum Gasteiger partial charge on any atom is 0.319 e. The van der Waals surface area contributed by atoms with E-state index in [1.165, 1.54) is 0 Å². The lowest BCUT2D eigenvalue weighted by Gasteiger charge is -2.22. The van der Waals surface area contributed by atoms with Crippen LogP contribution in [0.5, 0.6) is 11.5 Å². The molecule has 0 spiro atoms. The largest absolute Gasteiger partial charge is 0.493 e. The highest BCUT2D eigenvalue weighted by Crippen LogP contribution is 2.60. The quantitative estimate of drug-likeness (QED) is 0.691. The van der Waals surface area contributed by atoms with Crippen molar-refractivity contribution in [1.82, 2.24) is 0 Å². The molecule has 1 rings (SSSR count). The number of para-hydroxylation sites is 2. The third kappa shape index (κ3) is 3.58. The molecule has 1 aromatic carbocycles. The zero-order valence-corrected chi connectivity index (χ0v) is 12.0. The van der Waals surface area contributed by atoms with Gasteiger partial charge in [-0.1, -0.05) is 12.1 Å². The van der Waals surface area contributed by atoms with Crippen molar-refractivity contribution in [3.8, 4) is 11.5 Å². The van der Waals surface area contributed by atoms with Crippen LogP contribution >= 0.6 is 7.72 Å². The van der Waals surface area contributed by atoms with Gasteiger partial charge in [-0.15, -0.1) is 0 Å². The molecule has 96 valence electrons. The molecule has 4 heteroatoms. The van der Waals surface area contributed by atoms with Gasteiger partial charge in [0.1, 0.15) is 12.3 Å². The van der Waals surface area contributed by atoms with Crippen molar-refractivity contribution in [3.05, 3.63) is 24.3 Å². The molecule has 0 atom stereocenters. The Balaban J connectivity index is 2.92. The van der Waals surface area contributed by atoms with E-state index in [9.17, 15) is 0 Å². The first-order valence-electron chi connectivity index (χ1n) is 6.05. The Morgan fingerprint density at radius 3 is 2.06 bits per heavy atom. The summed E-state index contributed by atoms with van der Waals surface area (Å²) in [5.74, 6) is 1.54. The van der Waals surface area contributed by atoms with Gasteiger partial charge >= 0.3 is 7.72 Å². The Labute approximate surface area is 105 Å². The van der Waals surface area contributed by atoms with Gasteiger partial charge in [-0.05, 0) is 32.9 Å². The van der Waals surface area contributed by atoms with Gasteiger partial charge in [0, 0.05) is 0 Å². The summed E-state index contributed by atoms with van der Waals surface area (Å²) in [5, 5.41) is 0. The fourth-order valence-corrected chi connectivity index (χ4v) is 3.77. The second-order valence-corrected chi connectivity index (χ2v) is 6.94. The Bertz CT molecular complexity index is 337. The van der Waals surface area contributed by atoms with Crippen LogP contribution in [-0.4, -0.2) is 26.0 Å². The predicted octanol–water partition coefficient (Wildman–Crippen LogP) is 4.00. The van der Waals surface area contributed by atoms with Crippen molar-refractivity contribution in [2.45, 2.75) is 20.8 Å². The van der Waals surface area contributed by atoms with Crippen LogP contribution in [0, 0.1) is 0 Å². The van der Waals surface area contributed by atoms with Crippen LogP contribution < -0.4 is 9.26 Å². The molecule has 0 saturated carbocycles. The molecule has 1 aromatic rings. The summed E-state index contributed by atoms with van der Waals surface area (Å²) in [7, 11) is -0.146. The lowest BCUT2D eigenvalue weighted by molar-refractivity contribution is 0.308. The van der Waals surface area contributed by atoms with Gasteiger partial charge in [0.05, 0.1) is 13.7 Å². The van der Waals surface area contributed by atoms with E-state index in [0.717, 1.165) is 23.8 Å². The third-order valence-electron chi connectivity index (χ3n) is 2.66. The summed E-state index contributed by atoms with van der Waals surface area (Å²) in [5.41, 5.74) is 0. The van der Waals surface area contributed by atoms with Crippen LogP contribution in [0.3, 0.4) is 0 Å². The molecule has 0 saturated heterocycles. The van der Waals surface area contributed by atoms with Crippen LogP contribution in [0.2, 0.25) is 0 Å². The number of hydrogen-bond acceptors (Lipinski definition) is 3. The van der Waals surface area contributed by atoms with Gasteiger partial charge in [0.25, 0.3) is 0 Å². The van der Waals surface area contributed by atoms with Gasteiger partial charge < -0.3 is 9.26 Å². The van der Waals surface area contributed by atoms with Crippen LogP contribution in [0.25, 0.3) is 0 Å². The molecule has 0 aliphatic heterocycles. The van der Waals surface area contributed by atoms with Gasteiger partial charge in [-0.2, -0.15) is 4.52 Å². The highest BCUT2D eigenvalue weighted by Gasteiger charge is 2.39. The Kier molecular flexibility index (Phi) is 5.73. The summed E-state index contributed by atoms with van der Waals surface area (Å²) in [6, 6.07) is 7.72. The molecule has 3 nitrogen and oxygen atoms in total. The average Bonchev–Trinajstić information content (AvgIpc) is 2.38. The monoisotopic (exact) mass is 257 g/mol. The standard InChI is InChI=1S/C13H22O3P/c1-5-15-17(6-2,7-3)16-13-11-9-8-10-12(13)14-4/h8-11H,5-7H2,1-4H3/q+1. The van der Waals surface area contributed by atoms with Crippen molar-refractivity contribution < 1.29 is 13.8 Å². The first-order valence-corrected chi connectivity index (χ1v) is 8.05. The molecule has 0 bridgehead atoms. The highest BCUT2D eigenvalue weighted by molar-refractivity contribution is 7.66. The van der Waals surface area contributed by atoms with Gasteiger partial charge in [0.2, 0.25) is 5.75 Å². The molecule has 0 aliphatic rings. The predicted molar refractivity (Wildman–Crippen MR) is 73.3 cm³/mol. The summed E-state index contributed by atoms with van der Waals surface area (Å²) in [4.78, 5) is 0. The van der Waals surface area contributed by atoms with Crippen LogP contribution in [-0.2, 0) is 4.52 Å². The minimum absolute atomic E-state index is 0.685. The minimum atomic E-state index is -1.80. The molecular weight excluding hydrogens is 235 g/mol. The van der Waals surface area contributed by atoms with Gasteiger partial charge in [-0.3, -0.25) is 0 Å². The van der Waals surface area contributed by atoms with E-state index in [2.05, 4.69) is 13.8 Å². The maximum absolute atomic E-state index is 6.13. The van der Waals surface area contributed by atoms with E-state index in [-0.39, 0.29) is 0 Å². The fraction of sp³-hybridized carbons (Fsp3) is 0.538. The number of benzene rings is 1. The van der Waals surface area contributed by atoms with Crippen molar-refractivity contribution >= 4 is 7.72 Å². The molecule has 0 unspecified atom stereocenters. The van der Waals surface area contributed by atoms with Crippen LogP contribution in [0.15, 0.2) is 24.3 Å². The van der Waals surface area contributed by atoms with Crippen molar-refractivity contribution in [2.75, 3.05) is 26.0 Å². The van der Waals surface area contributed by atoms with E-state index in [0.29, 0.717) is 6.61 Å². The lowest BCUT2D eigenvalue weighted by atomic mass is 10.3. The third-order valence-corrected chi connectivity index (χ3v) is 5.85. The molecule has 17 heavy (non-hydrogen) atoms. The zero-order valence-electron chi connectivity index (χ0n) is 11.1.